The highest BCUT2D eigenvalue weighted by molar-refractivity contribution is 7.89. The average molecular weight is 484 g/mol. The van der Waals surface area contributed by atoms with E-state index in [2.05, 4.69) is 10.6 Å². The number of amides is 2. The lowest BCUT2D eigenvalue weighted by Gasteiger charge is -2.26. The van der Waals surface area contributed by atoms with Crippen molar-refractivity contribution in [2.45, 2.75) is 32.6 Å². The van der Waals surface area contributed by atoms with Crippen molar-refractivity contribution >= 4 is 43.9 Å². The van der Waals surface area contributed by atoms with Crippen LogP contribution >= 0.6 is 11.3 Å². The van der Waals surface area contributed by atoms with E-state index in [4.69, 9.17) is 4.74 Å². The number of thiophene rings is 1. The van der Waals surface area contributed by atoms with Crippen molar-refractivity contribution in [3.63, 3.8) is 0 Å². The van der Waals surface area contributed by atoms with Crippen LogP contribution in [0.2, 0.25) is 0 Å². The first-order chi connectivity index (χ1) is 14.9. The fourth-order valence-corrected chi connectivity index (χ4v) is 5.42. The van der Waals surface area contributed by atoms with Gasteiger partial charge in [0, 0.05) is 24.2 Å². The number of rotatable bonds is 5. The van der Waals surface area contributed by atoms with Crippen molar-refractivity contribution in [3.05, 3.63) is 40.5 Å². The first kappa shape index (κ1) is 24.3. The Labute approximate surface area is 190 Å². The molecule has 0 saturated carbocycles. The van der Waals surface area contributed by atoms with E-state index in [1.165, 1.54) is 6.07 Å². The predicted molar refractivity (Wildman–Crippen MR) is 121 cm³/mol. The molecule has 0 radical (unpaired) electrons. The largest absolute Gasteiger partial charge is 0.379 e. The van der Waals surface area contributed by atoms with Crippen LogP contribution < -0.4 is 10.6 Å². The third-order valence-electron chi connectivity index (χ3n) is 4.82. The van der Waals surface area contributed by atoms with Gasteiger partial charge >= 0.3 is 0 Å². The van der Waals surface area contributed by atoms with Crippen LogP contribution in [0.1, 0.15) is 36.0 Å². The van der Waals surface area contributed by atoms with Crippen LogP contribution in [0.3, 0.4) is 0 Å². The van der Waals surface area contributed by atoms with Gasteiger partial charge in [0.05, 0.1) is 23.1 Å². The summed E-state index contributed by atoms with van der Waals surface area (Å²) in [7, 11) is -4.07. The molecule has 1 fully saturated rings. The molecule has 1 aromatic heterocycles. The summed E-state index contributed by atoms with van der Waals surface area (Å²) in [4.78, 5) is 24.9. The second-order valence-electron chi connectivity index (χ2n) is 8.44. The number of morpholine rings is 1. The molecule has 0 aliphatic carbocycles. The number of carbonyl (C=O) groups is 2. The van der Waals surface area contributed by atoms with Crippen LogP contribution in [-0.4, -0.2) is 50.8 Å². The molecule has 11 heteroatoms. The van der Waals surface area contributed by atoms with Gasteiger partial charge in [-0.1, -0.05) is 20.8 Å². The lowest BCUT2D eigenvalue weighted by Crippen LogP contribution is -2.40. The van der Waals surface area contributed by atoms with Crippen molar-refractivity contribution in [2.24, 2.45) is 5.41 Å². The molecule has 0 bridgehead atoms. The summed E-state index contributed by atoms with van der Waals surface area (Å²) < 4.78 is 46.4. The van der Waals surface area contributed by atoms with E-state index >= 15 is 0 Å². The van der Waals surface area contributed by atoms with Gasteiger partial charge in [-0.3, -0.25) is 9.59 Å². The van der Waals surface area contributed by atoms with Gasteiger partial charge in [0.1, 0.15) is 10.7 Å². The number of sulfonamides is 1. The molecule has 2 heterocycles. The number of carbonyl (C=O) groups excluding carboxylic acids is 2. The number of anilines is 2. The fourth-order valence-electron chi connectivity index (χ4n) is 2.96. The molecular weight excluding hydrogens is 457 g/mol. The van der Waals surface area contributed by atoms with Crippen molar-refractivity contribution in [3.8, 4) is 0 Å². The number of aryl methyl sites for hydroxylation is 1. The number of benzene rings is 1. The molecule has 1 saturated heterocycles. The molecule has 0 spiro atoms. The summed E-state index contributed by atoms with van der Waals surface area (Å²) in [5.74, 6) is -1.55. The molecule has 1 aromatic carbocycles. The molecule has 2 amide bonds. The number of ether oxygens (including phenoxy) is 1. The summed E-state index contributed by atoms with van der Waals surface area (Å²) in [6, 6.07) is 5.13. The number of nitrogens with zero attached hydrogens (tertiary/aromatic N) is 1. The van der Waals surface area contributed by atoms with Crippen LogP contribution in [-0.2, 0) is 19.6 Å². The Bertz CT molecular complexity index is 1130. The molecule has 8 nitrogen and oxygen atoms in total. The van der Waals surface area contributed by atoms with E-state index in [0.29, 0.717) is 15.4 Å². The summed E-state index contributed by atoms with van der Waals surface area (Å²) in [5, 5.41) is 5.94. The quantitative estimate of drug-likeness (QED) is 0.678. The summed E-state index contributed by atoms with van der Waals surface area (Å²) in [6.45, 7) is 7.84. The third-order valence-corrected chi connectivity index (χ3v) is 7.88. The van der Waals surface area contributed by atoms with E-state index in [1.54, 1.807) is 33.8 Å². The van der Waals surface area contributed by atoms with Gasteiger partial charge in [-0.15, -0.1) is 11.3 Å². The zero-order chi connectivity index (χ0) is 23.7. The highest BCUT2D eigenvalue weighted by Crippen LogP contribution is 2.30. The molecule has 174 valence electrons. The highest BCUT2D eigenvalue weighted by Gasteiger charge is 2.29. The van der Waals surface area contributed by atoms with E-state index < -0.39 is 32.1 Å². The number of hydrogen-bond acceptors (Lipinski definition) is 6. The van der Waals surface area contributed by atoms with Gasteiger partial charge in [-0.2, -0.15) is 4.31 Å². The highest BCUT2D eigenvalue weighted by atomic mass is 32.2. The van der Waals surface area contributed by atoms with Crippen molar-refractivity contribution in [1.82, 2.24) is 4.31 Å². The average Bonchev–Trinajstić information content (AvgIpc) is 3.09. The maximum absolute atomic E-state index is 14.4. The molecule has 2 aromatic rings. The lowest BCUT2D eigenvalue weighted by molar-refractivity contribution is -0.123. The van der Waals surface area contributed by atoms with Gasteiger partial charge in [-0.05, 0) is 36.8 Å². The summed E-state index contributed by atoms with van der Waals surface area (Å²) >= 11 is 1.11. The van der Waals surface area contributed by atoms with Crippen molar-refractivity contribution in [1.29, 1.82) is 0 Å². The Morgan fingerprint density at radius 3 is 2.41 bits per heavy atom. The topological polar surface area (TPSA) is 105 Å². The molecule has 0 unspecified atom stereocenters. The molecule has 0 atom stereocenters. The SMILES string of the molecule is Cc1cc(NC(=O)C(C)(C)C)sc1C(=O)Nc1ccc(F)c(S(=O)(=O)N2CCOCC2)c1. The third kappa shape index (κ3) is 5.34. The zero-order valence-corrected chi connectivity index (χ0v) is 20.0. The van der Waals surface area contributed by atoms with Gasteiger partial charge in [0.25, 0.3) is 5.91 Å². The van der Waals surface area contributed by atoms with E-state index in [0.717, 1.165) is 27.8 Å². The van der Waals surface area contributed by atoms with Crippen LogP contribution in [0.4, 0.5) is 15.1 Å². The van der Waals surface area contributed by atoms with Gasteiger partial charge < -0.3 is 15.4 Å². The Hall–Kier alpha value is -2.34. The molecule has 1 aliphatic rings. The van der Waals surface area contributed by atoms with E-state index in [1.807, 2.05) is 0 Å². The van der Waals surface area contributed by atoms with Gasteiger partial charge in [-0.25, -0.2) is 12.8 Å². The van der Waals surface area contributed by atoms with Gasteiger partial charge in [0.15, 0.2) is 0 Å². The number of hydrogen-bond donors (Lipinski definition) is 2. The number of nitrogens with one attached hydrogen (secondary N) is 2. The van der Waals surface area contributed by atoms with Crippen LogP contribution in [0.25, 0.3) is 0 Å². The monoisotopic (exact) mass is 483 g/mol. The standard InChI is InChI=1S/C21H26FN3O5S2/c1-13-11-17(24-20(27)21(2,3)4)31-18(13)19(26)23-14-5-6-15(22)16(12-14)32(28,29)25-7-9-30-10-8-25/h5-6,11-12H,7-10H2,1-4H3,(H,23,26)(H,24,27). The maximum Gasteiger partial charge on any atom is 0.266 e. The smallest absolute Gasteiger partial charge is 0.266 e. The molecule has 32 heavy (non-hydrogen) atoms. The Morgan fingerprint density at radius 1 is 1.12 bits per heavy atom. The number of halogens is 1. The van der Waals surface area contributed by atoms with E-state index in [-0.39, 0.29) is 37.9 Å². The maximum atomic E-state index is 14.4. The van der Waals surface area contributed by atoms with Crippen LogP contribution in [0, 0.1) is 18.2 Å². The minimum absolute atomic E-state index is 0.135. The zero-order valence-electron chi connectivity index (χ0n) is 18.3. The Morgan fingerprint density at radius 2 is 1.78 bits per heavy atom. The predicted octanol–water partition coefficient (Wildman–Crippen LogP) is 3.45. The Balaban J connectivity index is 1.80. The first-order valence-corrected chi connectivity index (χ1v) is 12.3. The minimum atomic E-state index is -4.07. The lowest BCUT2D eigenvalue weighted by atomic mass is 9.96. The molecular formula is C21H26FN3O5S2. The minimum Gasteiger partial charge on any atom is -0.379 e. The van der Waals surface area contributed by atoms with Crippen molar-refractivity contribution < 1.29 is 27.1 Å². The van der Waals surface area contributed by atoms with Gasteiger partial charge in [0.2, 0.25) is 15.9 Å². The molecule has 3 rings (SSSR count). The van der Waals surface area contributed by atoms with E-state index in [9.17, 15) is 22.4 Å². The second kappa shape index (κ2) is 9.26. The summed E-state index contributed by atoms with van der Waals surface area (Å²) in [6.07, 6.45) is 0. The normalized spacial score (nSPS) is 15.4. The van der Waals surface area contributed by atoms with Crippen LogP contribution in [0.15, 0.2) is 29.2 Å². The summed E-state index contributed by atoms with van der Waals surface area (Å²) in [5.41, 5.74) is 0.216. The Kier molecular flexibility index (Phi) is 7.03. The van der Waals surface area contributed by atoms with Crippen molar-refractivity contribution in [2.75, 3.05) is 36.9 Å². The first-order valence-electron chi connectivity index (χ1n) is 10.0. The van der Waals surface area contributed by atoms with Crippen LogP contribution in [0.5, 0.6) is 0 Å². The second-order valence-corrected chi connectivity index (χ2v) is 11.4. The molecule has 2 N–H and O–H groups in total. The fraction of sp³-hybridized carbons (Fsp3) is 0.429. The molecule has 1 aliphatic heterocycles.